The number of hydrogen-bond donors (Lipinski definition) is 1. The van der Waals surface area contributed by atoms with Crippen molar-refractivity contribution in [3.63, 3.8) is 0 Å². The Morgan fingerprint density at radius 3 is 2.81 bits per heavy atom. The summed E-state index contributed by atoms with van der Waals surface area (Å²) in [6, 6.07) is 5.91. The standard InChI is InChI=1S/C12H15BrClNO/c13-10-1-2-12(11(14)7-10)15-8-9-3-5-16-6-4-9/h1-2,7,9,15H,3-6,8H2. The van der Waals surface area contributed by atoms with Crippen molar-refractivity contribution in [2.24, 2.45) is 5.92 Å². The zero-order valence-electron chi connectivity index (χ0n) is 9.01. The molecular weight excluding hydrogens is 289 g/mol. The third-order valence-corrected chi connectivity index (χ3v) is 3.66. The summed E-state index contributed by atoms with van der Waals surface area (Å²) in [5.74, 6) is 0.702. The van der Waals surface area contributed by atoms with Crippen molar-refractivity contribution in [1.82, 2.24) is 0 Å². The van der Waals surface area contributed by atoms with Gasteiger partial charge in [0, 0.05) is 24.2 Å². The first-order valence-corrected chi connectivity index (χ1v) is 6.69. The van der Waals surface area contributed by atoms with Crippen LogP contribution < -0.4 is 5.32 Å². The number of halogens is 2. The van der Waals surface area contributed by atoms with Crippen molar-refractivity contribution in [3.8, 4) is 0 Å². The van der Waals surface area contributed by atoms with E-state index in [2.05, 4.69) is 21.2 Å². The quantitative estimate of drug-likeness (QED) is 0.913. The summed E-state index contributed by atoms with van der Waals surface area (Å²) in [6.07, 6.45) is 2.28. The summed E-state index contributed by atoms with van der Waals surface area (Å²) < 4.78 is 6.34. The minimum atomic E-state index is 0.702. The van der Waals surface area contributed by atoms with E-state index in [4.69, 9.17) is 16.3 Å². The van der Waals surface area contributed by atoms with Crippen molar-refractivity contribution in [2.75, 3.05) is 25.1 Å². The minimum Gasteiger partial charge on any atom is -0.384 e. The number of ether oxygens (including phenoxy) is 1. The van der Waals surface area contributed by atoms with Crippen molar-refractivity contribution in [1.29, 1.82) is 0 Å². The Balaban J connectivity index is 1.88. The molecule has 1 heterocycles. The van der Waals surface area contributed by atoms with Crippen LogP contribution in [0.15, 0.2) is 22.7 Å². The lowest BCUT2D eigenvalue weighted by atomic mass is 10.0. The van der Waals surface area contributed by atoms with Crippen LogP contribution in [0, 0.1) is 5.92 Å². The molecule has 0 aromatic heterocycles. The molecule has 0 atom stereocenters. The third kappa shape index (κ3) is 3.37. The fraction of sp³-hybridized carbons (Fsp3) is 0.500. The molecule has 0 radical (unpaired) electrons. The molecule has 0 amide bonds. The van der Waals surface area contributed by atoms with Gasteiger partial charge in [0.25, 0.3) is 0 Å². The van der Waals surface area contributed by atoms with Crippen LogP contribution in [-0.2, 0) is 4.74 Å². The van der Waals surface area contributed by atoms with E-state index in [1.165, 1.54) is 0 Å². The molecule has 0 unspecified atom stereocenters. The van der Waals surface area contributed by atoms with Gasteiger partial charge in [-0.25, -0.2) is 0 Å². The van der Waals surface area contributed by atoms with E-state index < -0.39 is 0 Å². The predicted molar refractivity (Wildman–Crippen MR) is 71.2 cm³/mol. The maximum Gasteiger partial charge on any atom is 0.0648 e. The first-order chi connectivity index (χ1) is 7.75. The third-order valence-electron chi connectivity index (χ3n) is 2.85. The molecule has 0 spiro atoms. The Kier molecular flexibility index (Phi) is 4.50. The lowest BCUT2D eigenvalue weighted by Gasteiger charge is -2.22. The van der Waals surface area contributed by atoms with Crippen LogP contribution in [0.25, 0.3) is 0 Å². The monoisotopic (exact) mass is 303 g/mol. The average Bonchev–Trinajstić information content (AvgIpc) is 2.29. The fourth-order valence-corrected chi connectivity index (χ4v) is 2.58. The summed E-state index contributed by atoms with van der Waals surface area (Å²) in [4.78, 5) is 0. The normalized spacial score (nSPS) is 17.4. The Morgan fingerprint density at radius 2 is 2.12 bits per heavy atom. The second-order valence-corrected chi connectivity index (χ2v) is 5.38. The zero-order valence-corrected chi connectivity index (χ0v) is 11.4. The van der Waals surface area contributed by atoms with Gasteiger partial charge in [0.1, 0.15) is 0 Å². The molecular formula is C12H15BrClNO. The van der Waals surface area contributed by atoms with Crippen LogP contribution in [0.5, 0.6) is 0 Å². The highest BCUT2D eigenvalue weighted by atomic mass is 79.9. The number of hydrogen-bond acceptors (Lipinski definition) is 2. The molecule has 88 valence electrons. The smallest absolute Gasteiger partial charge is 0.0648 e. The summed E-state index contributed by atoms with van der Waals surface area (Å²) in [5, 5.41) is 4.17. The van der Waals surface area contributed by atoms with Crippen LogP contribution in [0.4, 0.5) is 5.69 Å². The van der Waals surface area contributed by atoms with Gasteiger partial charge in [-0.1, -0.05) is 27.5 Å². The van der Waals surface area contributed by atoms with Gasteiger partial charge in [-0.2, -0.15) is 0 Å². The molecule has 0 bridgehead atoms. The van der Waals surface area contributed by atoms with Gasteiger partial charge in [0.05, 0.1) is 10.7 Å². The van der Waals surface area contributed by atoms with Crippen LogP contribution in [-0.4, -0.2) is 19.8 Å². The van der Waals surface area contributed by atoms with Gasteiger partial charge in [-0.05, 0) is 37.0 Å². The van der Waals surface area contributed by atoms with Gasteiger partial charge in [0.2, 0.25) is 0 Å². The molecule has 2 rings (SSSR count). The van der Waals surface area contributed by atoms with Crippen molar-refractivity contribution < 1.29 is 4.74 Å². The van der Waals surface area contributed by atoms with E-state index >= 15 is 0 Å². The van der Waals surface area contributed by atoms with E-state index in [1.807, 2.05) is 18.2 Å². The lowest BCUT2D eigenvalue weighted by Crippen LogP contribution is -2.22. The lowest BCUT2D eigenvalue weighted by molar-refractivity contribution is 0.0699. The van der Waals surface area contributed by atoms with E-state index in [1.54, 1.807) is 0 Å². The minimum absolute atomic E-state index is 0.702. The first kappa shape index (κ1) is 12.2. The van der Waals surface area contributed by atoms with Gasteiger partial charge < -0.3 is 10.1 Å². The summed E-state index contributed by atoms with van der Waals surface area (Å²) in [7, 11) is 0. The van der Waals surface area contributed by atoms with Gasteiger partial charge >= 0.3 is 0 Å². The highest BCUT2D eigenvalue weighted by Crippen LogP contribution is 2.26. The highest BCUT2D eigenvalue weighted by Gasteiger charge is 2.13. The largest absolute Gasteiger partial charge is 0.384 e. The second-order valence-electron chi connectivity index (χ2n) is 4.06. The van der Waals surface area contributed by atoms with Crippen LogP contribution in [0.2, 0.25) is 5.02 Å². The summed E-state index contributed by atoms with van der Waals surface area (Å²) in [6.45, 7) is 2.76. The summed E-state index contributed by atoms with van der Waals surface area (Å²) >= 11 is 9.53. The van der Waals surface area contributed by atoms with Gasteiger partial charge in [0.15, 0.2) is 0 Å². The Hall–Kier alpha value is -0.250. The topological polar surface area (TPSA) is 21.3 Å². The van der Waals surface area contributed by atoms with Crippen molar-refractivity contribution in [3.05, 3.63) is 27.7 Å². The maximum absolute atomic E-state index is 6.13. The van der Waals surface area contributed by atoms with Crippen LogP contribution >= 0.6 is 27.5 Å². The molecule has 1 saturated heterocycles. The summed E-state index contributed by atoms with van der Waals surface area (Å²) in [5.41, 5.74) is 1.01. The number of nitrogens with one attached hydrogen (secondary N) is 1. The highest BCUT2D eigenvalue weighted by molar-refractivity contribution is 9.10. The predicted octanol–water partition coefficient (Wildman–Crippen LogP) is 3.94. The first-order valence-electron chi connectivity index (χ1n) is 5.52. The Morgan fingerprint density at radius 1 is 1.38 bits per heavy atom. The Labute approximate surface area is 109 Å². The molecule has 4 heteroatoms. The molecule has 1 aliphatic heterocycles. The van der Waals surface area contributed by atoms with Gasteiger partial charge in [-0.3, -0.25) is 0 Å². The number of benzene rings is 1. The number of anilines is 1. The molecule has 2 nitrogen and oxygen atoms in total. The molecule has 1 N–H and O–H groups in total. The number of rotatable bonds is 3. The van der Waals surface area contributed by atoms with E-state index in [-0.39, 0.29) is 0 Å². The van der Waals surface area contributed by atoms with E-state index in [0.29, 0.717) is 5.92 Å². The van der Waals surface area contributed by atoms with Crippen molar-refractivity contribution in [2.45, 2.75) is 12.8 Å². The fourth-order valence-electron chi connectivity index (χ4n) is 1.84. The molecule has 0 saturated carbocycles. The molecule has 1 aromatic rings. The molecule has 1 aromatic carbocycles. The maximum atomic E-state index is 6.13. The second kappa shape index (κ2) is 5.89. The molecule has 0 aliphatic carbocycles. The molecule has 1 fully saturated rings. The van der Waals surface area contributed by atoms with Gasteiger partial charge in [-0.15, -0.1) is 0 Å². The van der Waals surface area contributed by atoms with Crippen LogP contribution in [0.3, 0.4) is 0 Å². The molecule has 1 aliphatic rings. The van der Waals surface area contributed by atoms with E-state index in [0.717, 1.165) is 47.8 Å². The van der Waals surface area contributed by atoms with Crippen molar-refractivity contribution >= 4 is 33.2 Å². The average molecular weight is 305 g/mol. The SMILES string of the molecule is Clc1cc(Br)ccc1NCC1CCOCC1. The van der Waals surface area contributed by atoms with E-state index in [9.17, 15) is 0 Å². The Bertz CT molecular complexity index is 353. The van der Waals surface area contributed by atoms with Crippen LogP contribution in [0.1, 0.15) is 12.8 Å². The zero-order chi connectivity index (χ0) is 11.4. The molecule has 16 heavy (non-hydrogen) atoms.